The minimum Gasteiger partial charge on any atom is -0.508 e. The number of fused-ring (bicyclic) bond motifs is 3. The number of para-hydroxylation sites is 1. The molecule has 2 aromatic carbocycles. The van der Waals surface area contributed by atoms with E-state index in [1.54, 1.807) is 12.1 Å². The molecule has 0 aliphatic carbocycles. The largest absolute Gasteiger partial charge is 0.508 e. The van der Waals surface area contributed by atoms with E-state index < -0.39 is 0 Å². The zero-order valence-corrected chi connectivity index (χ0v) is 14.4. The Hall–Kier alpha value is -3.08. The molecular formula is C21H19N3O2. The molecule has 1 saturated heterocycles. The van der Waals surface area contributed by atoms with Gasteiger partial charge in [-0.05, 0) is 43.5 Å². The van der Waals surface area contributed by atoms with Crippen molar-refractivity contribution in [3.63, 3.8) is 0 Å². The molecular weight excluding hydrogens is 326 g/mol. The molecule has 4 aromatic rings. The molecule has 0 bridgehead atoms. The molecule has 0 spiro atoms. The maximum Gasteiger partial charge on any atom is 0.196 e. The van der Waals surface area contributed by atoms with Crippen LogP contribution < -0.4 is 4.90 Å². The number of hydrogen-bond acceptors (Lipinski definition) is 5. The Balaban J connectivity index is 1.79. The van der Waals surface area contributed by atoms with Gasteiger partial charge in [-0.25, -0.2) is 9.97 Å². The van der Waals surface area contributed by atoms with E-state index >= 15 is 0 Å². The first kappa shape index (κ1) is 15.2. The molecule has 1 aliphatic rings. The second-order valence-corrected chi connectivity index (χ2v) is 6.74. The monoisotopic (exact) mass is 345 g/mol. The van der Waals surface area contributed by atoms with Gasteiger partial charge >= 0.3 is 0 Å². The van der Waals surface area contributed by atoms with E-state index in [0.717, 1.165) is 59.4 Å². The Bertz CT molecular complexity index is 1100. The Morgan fingerprint density at radius 2 is 1.77 bits per heavy atom. The normalized spacial score (nSPS) is 15.0. The van der Waals surface area contributed by atoms with Crippen molar-refractivity contribution in [1.82, 2.24) is 9.97 Å². The van der Waals surface area contributed by atoms with E-state index in [-0.39, 0.29) is 5.75 Å². The lowest BCUT2D eigenvalue weighted by molar-refractivity contribution is 0.475. The SMILES string of the molecule is Oc1cccc(-c2nc(N3CCCCC3)c3oc4ccccc4c3n2)c1. The van der Waals surface area contributed by atoms with Gasteiger partial charge in [0, 0.05) is 24.0 Å². The van der Waals surface area contributed by atoms with Crippen LogP contribution in [-0.2, 0) is 0 Å². The average Bonchev–Trinajstić information content (AvgIpc) is 3.06. The van der Waals surface area contributed by atoms with Crippen molar-refractivity contribution in [3.8, 4) is 17.1 Å². The minimum absolute atomic E-state index is 0.211. The highest BCUT2D eigenvalue weighted by Crippen LogP contribution is 2.36. The summed E-state index contributed by atoms with van der Waals surface area (Å²) in [4.78, 5) is 11.9. The third-order valence-electron chi connectivity index (χ3n) is 4.96. The molecule has 0 atom stereocenters. The smallest absolute Gasteiger partial charge is 0.196 e. The first-order chi connectivity index (χ1) is 12.8. The van der Waals surface area contributed by atoms with Gasteiger partial charge in [-0.15, -0.1) is 0 Å². The molecule has 0 radical (unpaired) electrons. The quantitative estimate of drug-likeness (QED) is 0.568. The van der Waals surface area contributed by atoms with Gasteiger partial charge in [0.1, 0.15) is 16.8 Å². The average molecular weight is 345 g/mol. The number of rotatable bonds is 2. The van der Waals surface area contributed by atoms with Crippen LogP contribution in [0.4, 0.5) is 5.82 Å². The number of nitrogens with zero attached hydrogens (tertiary/aromatic N) is 3. The lowest BCUT2D eigenvalue weighted by Crippen LogP contribution is -2.30. The fourth-order valence-electron chi connectivity index (χ4n) is 3.67. The number of aromatic nitrogens is 2. The van der Waals surface area contributed by atoms with E-state index in [9.17, 15) is 5.11 Å². The molecule has 130 valence electrons. The minimum atomic E-state index is 0.211. The first-order valence-electron chi connectivity index (χ1n) is 9.03. The number of hydrogen-bond donors (Lipinski definition) is 1. The summed E-state index contributed by atoms with van der Waals surface area (Å²) in [5.74, 6) is 1.67. The number of phenols is 1. The summed E-state index contributed by atoms with van der Waals surface area (Å²) in [5.41, 5.74) is 3.20. The van der Waals surface area contributed by atoms with Crippen LogP contribution in [0.3, 0.4) is 0 Å². The molecule has 3 heterocycles. The van der Waals surface area contributed by atoms with E-state index in [1.165, 1.54) is 6.42 Å². The summed E-state index contributed by atoms with van der Waals surface area (Å²) in [6, 6.07) is 15.0. The standard InChI is InChI=1S/C21H19N3O2/c25-15-8-6-7-14(13-15)20-22-18-16-9-2-3-10-17(16)26-19(18)21(23-20)24-11-4-1-5-12-24/h2-3,6-10,13,25H,1,4-5,11-12H2. The highest BCUT2D eigenvalue weighted by molar-refractivity contribution is 6.06. The fourth-order valence-corrected chi connectivity index (χ4v) is 3.67. The number of aromatic hydroxyl groups is 1. The Morgan fingerprint density at radius 3 is 2.62 bits per heavy atom. The van der Waals surface area contributed by atoms with Crippen molar-refractivity contribution in [2.45, 2.75) is 19.3 Å². The zero-order valence-electron chi connectivity index (χ0n) is 14.4. The molecule has 2 aromatic heterocycles. The lowest BCUT2D eigenvalue weighted by Gasteiger charge is -2.27. The summed E-state index contributed by atoms with van der Waals surface area (Å²) in [5, 5.41) is 10.8. The van der Waals surface area contributed by atoms with Gasteiger partial charge in [0.05, 0.1) is 0 Å². The Morgan fingerprint density at radius 1 is 0.923 bits per heavy atom. The summed E-state index contributed by atoms with van der Waals surface area (Å²) < 4.78 is 6.14. The van der Waals surface area contributed by atoms with Gasteiger partial charge < -0.3 is 14.4 Å². The molecule has 0 saturated carbocycles. The van der Waals surface area contributed by atoms with Crippen LogP contribution in [0.1, 0.15) is 19.3 Å². The van der Waals surface area contributed by atoms with E-state index in [4.69, 9.17) is 14.4 Å². The topological polar surface area (TPSA) is 62.4 Å². The van der Waals surface area contributed by atoms with E-state index in [2.05, 4.69) is 4.90 Å². The molecule has 0 amide bonds. The maximum atomic E-state index is 9.85. The molecule has 1 N–H and O–H groups in total. The predicted octanol–water partition coefficient (Wildman–Crippen LogP) is 4.74. The summed E-state index contributed by atoms with van der Waals surface area (Å²) in [6.07, 6.45) is 3.57. The zero-order chi connectivity index (χ0) is 17.5. The van der Waals surface area contributed by atoms with Gasteiger partial charge in [-0.1, -0.05) is 24.3 Å². The van der Waals surface area contributed by atoms with Crippen LogP contribution in [0.15, 0.2) is 52.9 Å². The number of furan rings is 1. The molecule has 5 heteroatoms. The Kier molecular flexibility index (Phi) is 3.52. The van der Waals surface area contributed by atoms with Gasteiger partial charge in [-0.2, -0.15) is 0 Å². The highest BCUT2D eigenvalue weighted by Gasteiger charge is 2.22. The van der Waals surface area contributed by atoms with Gasteiger partial charge in [-0.3, -0.25) is 0 Å². The maximum absolute atomic E-state index is 9.85. The van der Waals surface area contributed by atoms with Gasteiger partial charge in [0.15, 0.2) is 17.2 Å². The van der Waals surface area contributed by atoms with Crippen LogP contribution in [-0.4, -0.2) is 28.2 Å². The number of phenolic OH excluding ortho intramolecular Hbond substituents is 1. The first-order valence-corrected chi connectivity index (χ1v) is 9.03. The fraction of sp³-hybridized carbons (Fsp3) is 0.238. The van der Waals surface area contributed by atoms with Crippen LogP contribution in [0.25, 0.3) is 33.5 Å². The number of piperidine rings is 1. The van der Waals surface area contributed by atoms with Crippen LogP contribution in [0.5, 0.6) is 5.75 Å². The second kappa shape index (κ2) is 6.02. The van der Waals surface area contributed by atoms with Crippen molar-refractivity contribution in [2.24, 2.45) is 0 Å². The molecule has 1 fully saturated rings. The third kappa shape index (κ3) is 2.47. The lowest BCUT2D eigenvalue weighted by atomic mass is 10.1. The van der Waals surface area contributed by atoms with Crippen molar-refractivity contribution in [1.29, 1.82) is 0 Å². The summed E-state index contributed by atoms with van der Waals surface area (Å²) >= 11 is 0. The molecule has 5 rings (SSSR count). The van der Waals surface area contributed by atoms with Crippen molar-refractivity contribution in [2.75, 3.05) is 18.0 Å². The second-order valence-electron chi connectivity index (χ2n) is 6.74. The number of benzene rings is 2. The summed E-state index contributed by atoms with van der Waals surface area (Å²) in [6.45, 7) is 1.95. The Labute approximate surface area is 150 Å². The summed E-state index contributed by atoms with van der Waals surface area (Å²) in [7, 11) is 0. The van der Waals surface area contributed by atoms with Crippen molar-refractivity contribution in [3.05, 3.63) is 48.5 Å². The van der Waals surface area contributed by atoms with Crippen molar-refractivity contribution < 1.29 is 9.52 Å². The van der Waals surface area contributed by atoms with Crippen LogP contribution in [0.2, 0.25) is 0 Å². The molecule has 26 heavy (non-hydrogen) atoms. The predicted molar refractivity (Wildman–Crippen MR) is 102 cm³/mol. The number of anilines is 1. The molecule has 5 nitrogen and oxygen atoms in total. The third-order valence-corrected chi connectivity index (χ3v) is 4.96. The van der Waals surface area contributed by atoms with E-state index in [1.807, 2.05) is 36.4 Å². The highest BCUT2D eigenvalue weighted by atomic mass is 16.3. The molecule has 0 unspecified atom stereocenters. The van der Waals surface area contributed by atoms with Crippen molar-refractivity contribution >= 4 is 27.9 Å². The van der Waals surface area contributed by atoms with Gasteiger partial charge in [0.2, 0.25) is 0 Å². The van der Waals surface area contributed by atoms with Gasteiger partial charge in [0.25, 0.3) is 0 Å². The van der Waals surface area contributed by atoms with E-state index in [0.29, 0.717) is 5.82 Å². The van der Waals surface area contributed by atoms with Crippen LogP contribution >= 0.6 is 0 Å². The molecule has 1 aliphatic heterocycles. The van der Waals surface area contributed by atoms with Crippen LogP contribution in [0, 0.1) is 0 Å².